The molecule has 0 saturated heterocycles. The first-order chi connectivity index (χ1) is 7.72. The van der Waals surface area contributed by atoms with Gasteiger partial charge in [0.15, 0.2) is 0 Å². The van der Waals surface area contributed by atoms with E-state index in [1.54, 1.807) is 11.3 Å². The predicted molar refractivity (Wildman–Crippen MR) is 66.6 cm³/mol. The molecule has 0 aromatic carbocycles. The summed E-state index contributed by atoms with van der Waals surface area (Å²) in [4.78, 5) is 12.7. The number of carbonyl (C=O) groups is 1. The molecule has 0 spiro atoms. The molecule has 1 amide bonds. The number of hydrogen-bond donors (Lipinski definition) is 2. The maximum atomic E-state index is 11.4. The Balaban J connectivity index is 2.07. The molecule has 16 heavy (non-hydrogen) atoms. The monoisotopic (exact) mass is 241 g/mol. The molecule has 1 aromatic rings. The van der Waals surface area contributed by atoms with E-state index in [1.165, 1.54) is 4.88 Å². The van der Waals surface area contributed by atoms with Gasteiger partial charge in [0.2, 0.25) is 5.91 Å². The molecule has 1 unspecified atom stereocenters. The first-order valence-corrected chi connectivity index (χ1v) is 6.57. The van der Waals surface area contributed by atoms with Gasteiger partial charge in [-0.2, -0.15) is 0 Å². The number of rotatable bonds is 7. The van der Waals surface area contributed by atoms with Crippen LogP contribution < -0.4 is 5.32 Å². The van der Waals surface area contributed by atoms with Crippen molar-refractivity contribution in [1.29, 1.82) is 0 Å². The minimum absolute atomic E-state index is 0.0664. The number of nitrogens with one attached hydrogen (secondary N) is 1. The number of carbonyl (C=O) groups excluding carboxylic acids is 1. The van der Waals surface area contributed by atoms with Crippen molar-refractivity contribution in [2.45, 2.75) is 38.7 Å². The zero-order valence-corrected chi connectivity index (χ0v) is 10.4. The van der Waals surface area contributed by atoms with Gasteiger partial charge in [0.1, 0.15) is 0 Å². The Kier molecular flexibility index (Phi) is 6.11. The first-order valence-electron chi connectivity index (χ1n) is 5.69. The third-order valence-electron chi connectivity index (χ3n) is 2.45. The zero-order valence-electron chi connectivity index (χ0n) is 9.61. The van der Waals surface area contributed by atoms with Crippen LogP contribution in [0.5, 0.6) is 0 Å². The molecule has 0 saturated carbocycles. The van der Waals surface area contributed by atoms with E-state index in [4.69, 9.17) is 0 Å². The van der Waals surface area contributed by atoms with Crippen LogP contribution in [0.25, 0.3) is 0 Å². The summed E-state index contributed by atoms with van der Waals surface area (Å²) >= 11 is 1.68. The highest BCUT2D eigenvalue weighted by atomic mass is 32.1. The average molecular weight is 241 g/mol. The fraction of sp³-hybridized carbons (Fsp3) is 0.583. The molecule has 1 rings (SSSR count). The normalized spacial score (nSPS) is 12.4. The number of amides is 1. The molecular formula is C12H19NO2S. The van der Waals surface area contributed by atoms with Crippen LogP contribution in [-0.4, -0.2) is 23.7 Å². The van der Waals surface area contributed by atoms with Gasteiger partial charge in [-0.15, -0.1) is 11.3 Å². The van der Waals surface area contributed by atoms with Crippen molar-refractivity contribution in [1.82, 2.24) is 5.32 Å². The molecule has 0 aliphatic carbocycles. The second-order valence-electron chi connectivity index (χ2n) is 3.78. The summed E-state index contributed by atoms with van der Waals surface area (Å²) in [6.45, 7) is 2.50. The summed E-state index contributed by atoms with van der Waals surface area (Å²) in [6.07, 6.45) is 2.42. The van der Waals surface area contributed by atoms with Gasteiger partial charge in [-0.1, -0.05) is 13.0 Å². The van der Waals surface area contributed by atoms with Gasteiger partial charge in [0.25, 0.3) is 0 Å². The summed E-state index contributed by atoms with van der Waals surface area (Å²) in [5, 5.41) is 14.1. The van der Waals surface area contributed by atoms with Crippen molar-refractivity contribution in [3.8, 4) is 0 Å². The van der Waals surface area contributed by atoms with Crippen LogP contribution in [0.4, 0.5) is 0 Å². The van der Waals surface area contributed by atoms with E-state index in [0.29, 0.717) is 19.4 Å². The van der Waals surface area contributed by atoms with Crippen molar-refractivity contribution in [3.05, 3.63) is 22.4 Å². The zero-order chi connectivity index (χ0) is 11.8. The Bertz CT molecular complexity index is 298. The summed E-state index contributed by atoms with van der Waals surface area (Å²) in [6, 6.07) is 4.04. The third-order valence-corrected chi connectivity index (χ3v) is 3.39. The van der Waals surface area contributed by atoms with Gasteiger partial charge in [0.05, 0.1) is 6.10 Å². The molecule has 1 aromatic heterocycles. The lowest BCUT2D eigenvalue weighted by atomic mass is 10.2. The number of aliphatic hydroxyl groups excluding tert-OH is 1. The van der Waals surface area contributed by atoms with E-state index in [1.807, 2.05) is 24.4 Å². The van der Waals surface area contributed by atoms with Crippen molar-refractivity contribution in [2.24, 2.45) is 0 Å². The van der Waals surface area contributed by atoms with Gasteiger partial charge in [0, 0.05) is 17.8 Å². The molecule has 0 aliphatic heterocycles. The van der Waals surface area contributed by atoms with Crippen LogP contribution in [0.1, 0.15) is 31.1 Å². The van der Waals surface area contributed by atoms with Gasteiger partial charge in [-0.25, -0.2) is 0 Å². The number of aliphatic hydroxyl groups is 1. The molecule has 1 atom stereocenters. The smallest absolute Gasteiger partial charge is 0.220 e. The minimum Gasteiger partial charge on any atom is -0.393 e. The molecule has 90 valence electrons. The third kappa shape index (κ3) is 5.28. The topological polar surface area (TPSA) is 49.3 Å². The summed E-state index contributed by atoms with van der Waals surface area (Å²) in [7, 11) is 0. The van der Waals surface area contributed by atoms with E-state index in [-0.39, 0.29) is 12.0 Å². The van der Waals surface area contributed by atoms with Gasteiger partial charge in [-0.05, 0) is 30.7 Å². The molecule has 3 nitrogen and oxygen atoms in total. The summed E-state index contributed by atoms with van der Waals surface area (Å²) in [5.41, 5.74) is 0. The van der Waals surface area contributed by atoms with Crippen LogP contribution >= 0.6 is 11.3 Å². The Labute approximate surface area is 100 Å². The number of thiophene rings is 1. The van der Waals surface area contributed by atoms with E-state index in [0.717, 1.165) is 12.8 Å². The molecule has 0 fully saturated rings. The quantitative estimate of drug-likeness (QED) is 0.766. The van der Waals surface area contributed by atoms with Crippen molar-refractivity contribution in [3.63, 3.8) is 0 Å². The van der Waals surface area contributed by atoms with Crippen LogP contribution in [0.15, 0.2) is 17.5 Å². The second-order valence-corrected chi connectivity index (χ2v) is 4.81. The lowest BCUT2D eigenvalue weighted by molar-refractivity contribution is -0.121. The predicted octanol–water partition coefficient (Wildman–Crippen LogP) is 1.96. The maximum absolute atomic E-state index is 11.4. The van der Waals surface area contributed by atoms with Crippen LogP contribution in [0.3, 0.4) is 0 Å². The highest BCUT2D eigenvalue weighted by Crippen LogP contribution is 2.10. The number of hydrogen-bond acceptors (Lipinski definition) is 3. The molecule has 2 N–H and O–H groups in total. The number of aryl methyl sites for hydroxylation is 1. The van der Waals surface area contributed by atoms with E-state index < -0.39 is 0 Å². The van der Waals surface area contributed by atoms with Crippen LogP contribution in [0.2, 0.25) is 0 Å². The molecule has 4 heteroatoms. The highest BCUT2D eigenvalue weighted by Gasteiger charge is 2.04. The molecular weight excluding hydrogens is 222 g/mol. The van der Waals surface area contributed by atoms with Gasteiger partial charge >= 0.3 is 0 Å². The Morgan fingerprint density at radius 2 is 2.44 bits per heavy atom. The Morgan fingerprint density at radius 1 is 1.62 bits per heavy atom. The van der Waals surface area contributed by atoms with E-state index >= 15 is 0 Å². The largest absolute Gasteiger partial charge is 0.393 e. The molecule has 1 heterocycles. The van der Waals surface area contributed by atoms with Crippen molar-refractivity contribution in [2.75, 3.05) is 6.54 Å². The van der Waals surface area contributed by atoms with Crippen LogP contribution in [0, 0.1) is 0 Å². The fourth-order valence-corrected chi connectivity index (χ4v) is 2.07. The minimum atomic E-state index is -0.294. The summed E-state index contributed by atoms with van der Waals surface area (Å²) < 4.78 is 0. The van der Waals surface area contributed by atoms with E-state index in [2.05, 4.69) is 5.32 Å². The lowest BCUT2D eigenvalue weighted by Gasteiger charge is -2.08. The van der Waals surface area contributed by atoms with E-state index in [9.17, 15) is 9.90 Å². The first kappa shape index (κ1) is 13.2. The molecule has 0 radical (unpaired) electrons. The second kappa shape index (κ2) is 7.41. The molecule has 0 aliphatic rings. The highest BCUT2D eigenvalue weighted by molar-refractivity contribution is 7.09. The average Bonchev–Trinajstić information content (AvgIpc) is 2.79. The SMILES string of the molecule is CCC(O)CCNC(=O)CCc1cccs1. The summed E-state index contributed by atoms with van der Waals surface area (Å²) in [5.74, 6) is 0.0664. The Morgan fingerprint density at radius 3 is 3.06 bits per heavy atom. The molecule has 0 bridgehead atoms. The van der Waals surface area contributed by atoms with Crippen molar-refractivity contribution >= 4 is 17.2 Å². The van der Waals surface area contributed by atoms with Crippen LogP contribution in [-0.2, 0) is 11.2 Å². The van der Waals surface area contributed by atoms with Gasteiger partial charge < -0.3 is 10.4 Å². The van der Waals surface area contributed by atoms with Crippen molar-refractivity contribution < 1.29 is 9.90 Å². The lowest BCUT2D eigenvalue weighted by Crippen LogP contribution is -2.27. The van der Waals surface area contributed by atoms with Gasteiger partial charge in [-0.3, -0.25) is 4.79 Å². The standard InChI is InChI=1S/C12H19NO2S/c1-2-10(14)7-8-13-12(15)6-5-11-4-3-9-16-11/h3-4,9-10,14H,2,5-8H2,1H3,(H,13,15). The fourth-order valence-electron chi connectivity index (χ4n) is 1.36. The Hall–Kier alpha value is -0.870. The maximum Gasteiger partial charge on any atom is 0.220 e.